The van der Waals surface area contributed by atoms with E-state index < -0.39 is 21.8 Å². The van der Waals surface area contributed by atoms with Gasteiger partial charge in [0.05, 0.1) is 21.0 Å². The van der Waals surface area contributed by atoms with Gasteiger partial charge in [0.15, 0.2) is 0 Å². The second kappa shape index (κ2) is 9.73. The monoisotopic (exact) mass is 392 g/mol. The Kier molecular flexibility index (Phi) is 8.44. The Morgan fingerprint density at radius 1 is 0.680 bits per heavy atom. The molecule has 0 aromatic heterocycles. The molecule has 0 aliphatic heterocycles. The number of benzene rings is 2. The van der Waals surface area contributed by atoms with Gasteiger partial charge in [0.25, 0.3) is 11.4 Å². The average molecular weight is 393 g/mol. The van der Waals surface area contributed by atoms with Crippen molar-refractivity contribution in [3.63, 3.8) is 0 Å². The van der Waals surface area contributed by atoms with Crippen LogP contribution in [0.5, 0.6) is 0 Å². The number of nitro groups is 2. The van der Waals surface area contributed by atoms with Crippen molar-refractivity contribution < 1.29 is 46.1 Å². The summed E-state index contributed by atoms with van der Waals surface area (Å²) in [5.74, 6) is -2.19. The smallest absolute Gasteiger partial charge is 0.335 e. The fourth-order valence-corrected chi connectivity index (χ4v) is 1.45. The van der Waals surface area contributed by atoms with Crippen LogP contribution >= 0.6 is 0 Å². The van der Waals surface area contributed by atoms with E-state index in [1.807, 2.05) is 0 Å². The predicted octanol–water partition coefficient (Wildman–Crippen LogP) is 2.58. The Morgan fingerprint density at radius 3 is 1.08 bits per heavy atom. The fraction of sp³-hybridized carbons (Fsp3) is 0. The van der Waals surface area contributed by atoms with Gasteiger partial charge in [-0.05, 0) is 24.3 Å². The molecule has 10 nitrogen and oxygen atoms in total. The second-order valence-electron chi connectivity index (χ2n) is 4.22. The molecule has 0 amide bonds. The fourth-order valence-electron chi connectivity index (χ4n) is 1.45. The summed E-state index contributed by atoms with van der Waals surface area (Å²) in [5.41, 5.74) is -0.138. The van der Waals surface area contributed by atoms with E-state index in [4.69, 9.17) is 10.2 Å². The molecule has 0 aliphatic carbocycles. The van der Waals surface area contributed by atoms with Crippen LogP contribution in [0.2, 0.25) is 0 Å². The van der Waals surface area contributed by atoms with Gasteiger partial charge in [0.1, 0.15) is 0 Å². The van der Waals surface area contributed by atoms with Crippen molar-refractivity contribution in [2.75, 3.05) is 0 Å². The summed E-state index contributed by atoms with van der Waals surface area (Å²) < 4.78 is 0. The summed E-state index contributed by atoms with van der Waals surface area (Å²) >= 11 is 0. The molecule has 2 aromatic carbocycles. The van der Waals surface area contributed by atoms with Crippen LogP contribution in [0, 0.1) is 20.2 Å². The number of carboxylic acids is 2. The molecule has 0 heterocycles. The third-order valence-corrected chi connectivity index (χ3v) is 2.65. The Morgan fingerprint density at radius 2 is 0.920 bits per heavy atom. The minimum absolute atomic E-state index is 0. The van der Waals surface area contributed by atoms with Crippen molar-refractivity contribution in [1.82, 2.24) is 0 Å². The number of hydrogen-bond acceptors (Lipinski definition) is 6. The second-order valence-corrected chi connectivity index (χ2v) is 4.22. The van der Waals surface area contributed by atoms with Gasteiger partial charge in [-0.2, -0.15) is 0 Å². The molecule has 25 heavy (non-hydrogen) atoms. The number of non-ortho nitro benzene ring substituents is 2. The zero-order chi connectivity index (χ0) is 18.3. The van der Waals surface area contributed by atoms with E-state index in [0.717, 1.165) is 24.3 Å². The maximum atomic E-state index is 10.3. The van der Waals surface area contributed by atoms with E-state index in [1.165, 1.54) is 24.3 Å². The van der Waals surface area contributed by atoms with Crippen molar-refractivity contribution in [3.05, 3.63) is 79.9 Å². The molecule has 0 spiro atoms. The van der Waals surface area contributed by atoms with Gasteiger partial charge < -0.3 is 10.2 Å². The van der Waals surface area contributed by atoms with Crippen LogP contribution in [-0.2, 0) is 16.5 Å². The first kappa shape index (κ1) is 21.7. The van der Waals surface area contributed by atoms with Gasteiger partial charge in [-0.25, -0.2) is 9.59 Å². The number of carbonyl (C=O) groups is 2. The molecule has 2 N–H and O–H groups in total. The van der Waals surface area contributed by atoms with Gasteiger partial charge in [-0.15, -0.1) is 0 Å². The molecule has 0 unspecified atom stereocenters. The third-order valence-electron chi connectivity index (χ3n) is 2.65. The van der Waals surface area contributed by atoms with Crippen LogP contribution in [0.3, 0.4) is 0 Å². The van der Waals surface area contributed by atoms with Crippen molar-refractivity contribution in [2.24, 2.45) is 0 Å². The summed E-state index contributed by atoms with van der Waals surface area (Å²) in [6.45, 7) is 0. The first-order valence-corrected chi connectivity index (χ1v) is 6.18. The zero-order valence-corrected chi connectivity index (χ0v) is 13.2. The maximum Gasteiger partial charge on any atom is 0.335 e. The maximum absolute atomic E-state index is 10.3. The van der Waals surface area contributed by atoms with Gasteiger partial charge in [-0.3, -0.25) is 20.2 Å². The van der Waals surface area contributed by atoms with Gasteiger partial charge in [0.2, 0.25) is 0 Å². The van der Waals surface area contributed by atoms with Gasteiger partial charge >= 0.3 is 11.9 Å². The molecule has 0 aliphatic rings. The van der Waals surface area contributed by atoms with Crippen molar-refractivity contribution in [1.29, 1.82) is 0 Å². The molecule has 0 radical (unpaired) electrons. The van der Waals surface area contributed by atoms with Crippen LogP contribution in [0.4, 0.5) is 11.4 Å². The van der Waals surface area contributed by atoms with Crippen LogP contribution < -0.4 is 0 Å². The van der Waals surface area contributed by atoms with E-state index in [2.05, 4.69) is 0 Å². The summed E-state index contributed by atoms with van der Waals surface area (Å²) in [7, 11) is 0. The molecule has 0 fully saturated rings. The van der Waals surface area contributed by atoms with Crippen LogP contribution in [-0.4, -0.2) is 32.0 Å². The van der Waals surface area contributed by atoms with Crippen LogP contribution in [0.15, 0.2) is 48.5 Å². The van der Waals surface area contributed by atoms with Crippen LogP contribution in [0.1, 0.15) is 20.7 Å². The molecule has 2 aromatic rings. The minimum Gasteiger partial charge on any atom is -0.478 e. The Labute approximate surface area is 149 Å². The Balaban J connectivity index is 0.000000443. The van der Waals surface area contributed by atoms with E-state index in [1.54, 1.807) is 0 Å². The number of aromatic carboxylic acids is 2. The standard InChI is InChI=1S/2C7H5NO4.Ni/c2*9-7(10)5-1-3-6(4-2-5)8(11)12;/h2*1-4H,(H,9,10);. The number of nitro benzene ring substituents is 2. The van der Waals surface area contributed by atoms with Crippen molar-refractivity contribution >= 4 is 23.3 Å². The summed E-state index contributed by atoms with van der Waals surface area (Å²) in [6, 6.07) is 9.40. The van der Waals surface area contributed by atoms with Crippen LogP contribution in [0.25, 0.3) is 0 Å². The van der Waals surface area contributed by atoms with E-state index in [0.29, 0.717) is 0 Å². The SMILES string of the molecule is O=C(O)c1ccc([N+](=O)[O-])cc1.O=C(O)c1ccc([N+](=O)[O-])cc1.[Ni]. The molecule has 0 bridgehead atoms. The van der Waals surface area contributed by atoms with Crippen molar-refractivity contribution in [2.45, 2.75) is 0 Å². The minimum atomic E-state index is -1.09. The summed E-state index contributed by atoms with van der Waals surface area (Å²) in [4.78, 5) is 39.7. The van der Waals surface area contributed by atoms with E-state index in [-0.39, 0.29) is 39.0 Å². The molecule has 134 valence electrons. The quantitative estimate of drug-likeness (QED) is 0.455. The molecular formula is C14H10N2NiO8. The van der Waals surface area contributed by atoms with Gasteiger partial charge in [0, 0.05) is 40.8 Å². The normalized spacial score (nSPS) is 8.96. The summed E-state index contributed by atoms with van der Waals surface area (Å²) in [5, 5.41) is 37.2. The largest absolute Gasteiger partial charge is 0.478 e. The molecule has 11 heteroatoms. The van der Waals surface area contributed by atoms with E-state index in [9.17, 15) is 29.8 Å². The molecule has 0 atom stereocenters. The molecule has 0 saturated heterocycles. The van der Waals surface area contributed by atoms with Crippen molar-refractivity contribution in [3.8, 4) is 0 Å². The van der Waals surface area contributed by atoms with Gasteiger partial charge in [-0.1, -0.05) is 0 Å². The third kappa shape index (κ3) is 6.75. The predicted molar refractivity (Wildman–Crippen MR) is 80.1 cm³/mol. The molecule has 2 rings (SSSR count). The first-order chi connectivity index (χ1) is 11.2. The summed E-state index contributed by atoms with van der Waals surface area (Å²) in [6.07, 6.45) is 0. The molecule has 0 saturated carbocycles. The number of carboxylic acid groups (broad SMARTS) is 2. The topological polar surface area (TPSA) is 161 Å². The Bertz CT molecular complexity index is 641. The Hall–Kier alpha value is -3.33. The number of hydrogen-bond donors (Lipinski definition) is 2. The molecular weight excluding hydrogens is 383 g/mol. The number of rotatable bonds is 4. The first-order valence-electron chi connectivity index (χ1n) is 6.18. The average Bonchev–Trinajstić information content (AvgIpc) is 2.55. The zero-order valence-electron chi connectivity index (χ0n) is 12.2. The van der Waals surface area contributed by atoms with E-state index >= 15 is 0 Å². The number of nitrogens with zero attached hydrogens (tertiary/aromatic N) is 2.